The summed E-state index contributed by atoms with van der Waals surface area (Å²) in [4.78, 5) is 0. The van der Waals surface area contributed by atoms with E-state index in [0.717, 1.165) is 25.9 Å². The van der Waals surface area contributed by atoms with Gasteiger partial charge in [0.25, 0.3) is 5.17 Å². The summed E-state index contributed by atoms with van der Waals surface area (Å²) < 4.78 is 5.92. The Hall–Kier alpha value is -1.91. The van der Waals surface area contributed by atoms with Crippen molar-refractivity contribution in [2.75, 3.05) is 13.1 Å². The van der Waals surface area contributed by atoms with Gasteiger partial charge in [0.2, 0.25) is 0 Å². The first kappa shape index (κ1) is 17.9. The normalized spacial score (nSPS) is 19.8. The maximum atomic E-state index is 5.92. The molecule has 0 radical (unpaired) electrons. The molecule has 0 unspecified atom stereocenters. The number of hydrogen-bond donors (Lipinski definition) is 2. The minimum Gasteiger partial charge on any atom is -0.466 e. The SMILES string of the molecule is CCCNC(=S)O[C@H]1CN[C@@H](C(c2ccccc2)c2ccccc2)C1. The van der Waals surface area contributed by atoms with E-state index in [9.17, 15) is 0 Å². The highest BCUT2D eigenvalue weighted by molar-refractivity contribution is 7.80. The number of benzene rings is 2. The van der Waals surface area contributed by atoms with Crippen LogP contribution in [0.2, 0.25) is 0 Å². The van der Waals surface area contributed by atoms with Crippen molar-refractivity contribution in [3.63, 3.8) is 0 Å². The third-order valence-electron chi connectivity index (χ3n) is 4.64. The van der Waals surface area contributed by atoms with Crippen LogP contribution in [0.1, 0.15) is 36.8 Å². The molecule has 1 aliphatic heterocycles. The quantitative estimate of drug-likeness (QED) is 0.772. The summed E-state index contributed by atoms with van der Waals surface area (Å²) >= 11 is 5.29. The van der Waals surface area contributed by atoms with Crippen LogP contribution in [0.15, 0.2) is 60.7 Å². The second-order valence-electron chi connectivity index (χ2n) is 6.50. The second-order valence-corrected chi connectivity index (χ2v) is 6.87. The Bertz CT molecular complexity index is 623. The molecule has 1 aliphatic rings. The molecule has 1 heterocycles. The second kappa shape index (κ2) is 8.97. The van der Waals surface area contributed by atoms with Gasteiger partial charge in [0.15, 0.2) is 0 Å². The first-order valence-corrected chi connectivity index (χ1v) is 9.46. The Balaban J connectivity index is 1.72. The molecule has 2 aromatic carbocycles. The zero-order valence-electron chi connectivity index (χ0n) is 14.7. The molecular weight excluding hydrogens is 328 g/mol. The highest BCUT2D eigenvalue weighted by atomic mass is 32.1. The van der Waals surface area contributed by atoms with E-state index in [4.69, 9.17) is 17.0 Å². The van der Waals surface area contributed by atoms with Crippen molar-refractivity contribution < 1.29 is 4.74 Å². The van der Waals surface area contributed by atoms with Crippen LogP contribution < -0.4 is 10.6 Å². The van der Waals surface area contributed by atoms with Gasteiger partial charge in [-0.2, -0.15) is 0 Å². The topological polar surface area (TPSA) is 33.3 Å². The largest absolute Gasteiger partial charge is 0.466 e. The van der Waals surface area contributed by atoms with Crippen LogP contribution in [0.4, 0.5) is 0 Å². The molecule has 4 heteroatoms. The lowest BCUT2D eigenvalue weighted by Crippen LogP contribution is -2.30. The van der Waals surface area contributed by atoms with E-state index in [2.05, 4.69) is 78.2 Å². The van der Waals surface area contributed by atoms with Gasteiger partial charge in [0.1, 0.15) is 6.10 Å². The molecule has 2 atom stereocenters. The maximum Gasteiger partial charge on any atom is 0.256 e. The molecule has 3 nitrogen and oxygen atoms in total. The molecule has 132 valence electrons. The van der Waals surface area contributed by atoms with E-state index < -0.39 is 0 Å². The lowest BCUT2D eigenvalue weighted by Gasteiger charge is -2.25. The average molecular weight is 355 g/mol. The molecular formula is C21H26N2OS. The van der Waals surface area contributed by atoms with Crippen LogP contribution >= 0.6 is 12.2 Å². The van der Waals surface area contributed by atoms with E-state index in [1.54, 1.807) is 0 Å². The van der Waals surface area contributed by atoms with Crippen molar-refractivity contribution in [3.05, 3.63) is 71.8 Å². The van der Waals surface area contributed by atoms with E-state index >= 15 is 0 Å². The maximum absolute atomic E-state index is 5.92. The molecule has 0 aromatic heterocycles. The predicted octanol–water partition coefficient (Wildman–Crippen LogP) is 3.85. The number of hydrogen-bond acceptors (Lipinski definition) is 3. The van der Waals surface area contributed by atoms with Gasteiger partial charge in [0.05, 0.1) is 0 Å². The van der Waals surface area contributed by atoms with Gasteiger partial charge in [-0.25, -0.2) is 0 Å². The monoisotopic (exact) mass is 354 g/mol. The van der Waals surface area contributed by atoms with Crippen LogP contribution in [0.25, 0.3) is 0 Å². The fraction of sp³-hybridized carbons (Fsp3) is 0.381. The van der Waals surface area contributed by atoms with E-state index in [0.29, 0.717) is 17.1 Å². The fourth-order valence-electron chi connectivity index (χ4n) is 3.47. The van der Waals surface area contributed by atoms with Crippen molar-refractivity contribution in [2.24, 2.45) is 0 Å². The first-order valence-electron chi connectivity index (χ1n) is 9.05. The molecule has 25 heavy (non-hydrogen) atoms. The standard InChI is InChI=1S/C21H26N2OS/c1-2-13-22-21(25)24-18-14-19(23-15-18)20(16-9-5-3-6-10-16)17-11-7-4-8-12-17/h3-12,18-20,23H,2,13-15H2,1H3,(H,22,25)/t18-,19-/m1/s1. The van der Waals surface area contributed by atoms with Crippen molar-refractivity contribution >= 4 is 17.4 Å². The Morgan fingerprint density at radius 3 is 2.28 bits per heavy atom. The Kier molecular flexibility index (Phi) is 6.42. The number of rotatable bonds is 6. The molecule has 2 aromatic rings. The number of nitrogens with one attached hydrogen (secondary N) is 2. The molecule has 3 rings (SSSR count). The summed E-state index contributed by atoms with van der Waals surface area (Å²) in [7, 11) is 0. The zero-order valence-corrected chi connectivity index (χ0v) is 15.5. The van der Waals surface area contributed by atoms with Crippen LogP contribution in [0.5, 0.6) is 0 Å². The third-order valence-corrected chi connectivity index (χ3v) is 4.88. The highest BCUT2D eigenvalue weighted by Gasteiger charge is 2.33. The van der Waals surface area contributed by atoms with Crippen LogP contribution in [0, 0.1) is 0 Å². The van der Waals surface area contributed by atoms with Crippen LogP contribution in [-0.2, 0) is 4.74 Å². The van der Waals surface area contributed by atoms with Crippen molar-refractivity contribution in [2.45, 2.75) is 37.8 Å². The minimum atomic E-state index is 0.122. The molecule has 1 fully saturated rings. The Labute approximate surface area is 155 Å². The molecule has 2 N–H and O–H groups in total. The lowest BCUT2D eigenvalue weighted by atomic mass is 9.84. The number of thiocarbonyl (C=S) groups is 1. The summed E-state index contributed by atoms with van der Waals surface area (Å²) in [5.74, 6) is 0.313. The highest BCUT2D eigenvalue weighted by Crippen LogP contribution is 2.32. The van der Waals surface area contributed by atoms with E-state index in [1.165, 1.54) is 11.1 Å². The minimum absolute atomic E-state index is 0.122. The molecule has 0 spiro atoms. The van der Waals surface area contributed by atoms with Crippen molar-refractivity contribution in [3.8, 4) is 0 Å². The lowest BCUT2D eigenvalue weighted by molar-refractivity contribution is 0.202. The van der Waals surface area contributed by atoms with Gasteiger partial charge in [-0.1, -0.05) is 67.6 Å². The van der Waals surface area contributed by atoms with Crippen LogP contribution in [0.3, 0.4) is 0 Å². The summed E-state index contributed by atoms with van der Waals surface area (Å²) in [6, 6.07) is 21.7. The molecule has 0 bridgehead atoms. The molecule has 0 amide bonds. The van der Waals surface area contributed by atoms with Gasteiger partial charge >= 0.3 is 0 Å². The summed E-state index contributed by atoms with van der Waals surface area (Å²) in [6.45, 7) is 3.81. The van der Waals surface area contributed by atoms with Gasteiger partial charge in [-0.15, -0.1) is 0 Å². The summed E-state index contributed by atoms with van der Waals surface area (Å²) in [5, 5.41) is 7.32. The summed E-state index contributed by atoms with van der Waals surface area (Å²) in [5.41, 5.74) is 2.66. The average Bonchev–Trinajstić information content (AvgIpc) is 3.10. The van der Waals surface area contributed by atoms with Crippen molar-refractivity contribution in [1.82, 2.24) is 10.6 Å². The smallest absolute Gasteiger partial charge is 0.256 e. The van der Waals surface area contributed by atoms with Gasteiger partial charge in [-0.05, 0) is 29.8 Å². The van der Waals surface area contributed by atoms with E-state index in [1.807, 2.05) is 0 Å². The van der Waals surface area contributed by atoms with E-state index in [-0.39, 0.29) is 6.10 Å². The van der Waals surface area contributed by atoms with Crippen molar-refractivity contribution in [1.29, 1.82) is 0 Å². The predicted molar refractivity (Wildman–Crippen MR) is 107 cm³/mol. The molecule has 1 saturated heterocycles. The Morgan fingerprint density at radius 2 is 1.72 bits per heavy atom. The van der Waals surface area contributed by atoms with Gasteiger partial charge < -0.3 is 15.4 Å². The Morgan fingerprint density at radius 1 is 1.12 bits per heavy atom. The fourth-order valence-corrected chi connectivity index (χ4v) is 3.71. The first-order chi connectivity index (χ1) is 12.3. The summed E-state index contributed by atoms with van der Waals surface area (Å²) in [6.07, 6.45) is 2.11. The number of ether oxygens (including phenoxy) is 1. The zero-order chi connectivity index (χ0) is 17.5. The third kappa shape index (κ3) is 4.80. The van der Waals surface area contributed by atoms with Gasteiger partial charge in [-0.3, -0.25) is 0 Å². The molecule has 0 aliphatic carbocycles. The van der Waals surface area contributed by atoms with Crippen LogP contribution in [-0.4, -0.2) is 30.4 Å². The molecule has 0 saturated carbocycles. The van der Waals surface area contributed by atoms with Gasteiger partial charge in [0, 0.05) is 31.5 Å².